The molecule has 1 atom stereocenters. The smallest absolute Gasteiger partial charge is 0.245 e. The molecule has 7 heteroatoms. The van der Waals surface area contributed by atoms with Gasteiger partial charge in [-0.3, -0.25) is 9.78 Å². The van der Waals surface area contributed by atoms with E-state index in [1.54, 1.807) is 12.4 Å². The van der Waals surface area contributed by atoms with Crippen LogP contribution < -0.4 is 11.1 Å². The predicted octanol–water partition coefficient (Wildman–Crippen LogP) is 2.78. The lowest BCUT2D eigenvalue weighted by atomic mass is 10.0. The molecular weight excluding hydrogens is 336 g/mol. The molecule has 2 heterocycles. The van der Waals surface area contributed by atoms with Crippen LogP contribution in [-0.2, 0) is 9.53 Å². The minimum absolute atomic E-state index is 0.165. The Morgan fingerprint density at radius 1 is 1.24 bits per heavy atom. The van der Waals surface area contributed by atoms with Gasteiger partial charge in [0.05, 0.1) is 12.3 Å². The van der Waals surface area contributed by atoms with E-state index in [0.717, 1.165) is 22.4 Å². The molecule has 0 aliphatic carbocycles. The molecule has 0 spiro atoms. The summed E-state index contributed by atoms with van der Waals surface area (Å²) in [6, 6.07) is 11.3. The highest BCUT2D eigenvalue weighted by Gasteiger charge is 2.15. The minimum atomic E-state index is -0.715. The number of hydrogen-bond donors (Lipinski definition) is 2. The molecule has 3 N–H and O–H groups in total. The number of nitrogens with zero attached hydrogens (tertiary/aromatic N) is 2. The van der Waals surface area contributed by atoms with Gasteiger partial charge in [-0.05, 0) is 29.3 Å². The van der Waals surface area contributed by atoms with Crippen molar-refractivity contribution in [3.63, 3.8) is 0 Å². The van der Waals surface area contributed by atoms with E-state index in [-0.39, 0.29) is 12.5 Å². The molecule has 0 saturated carbocycles. The van der Waals surface area contributed by atoms with Crippen molar-refractivity contribution >= 4 is 22.4 Å². The van der Waals surface area contributed by atoms with Crippen molar-refractivity contribution in [2.45, 2.75) is 6.04 Å². The molecule has 1 aromatic carbocycles. The van der Waals surface area contributed by atoms with Crippen LogP contribution in [0, 0.1) is 0 Å². The van der Waals surface area contributed by atoms with Gasteiger partial charge < -0.3 is 15.8 Å². The Balaban J connectivity index is 1.78. The number of carbonyl (C=O) groups is 1. The van der Waals surface area contributed by atoms with Gasteiger partial charge in [-0.25, -0.2) is 4.98 Å². The number of ether oxygens (including phenoxy) is 1. The first kappa shape index (κ1) is 17.2. The summed E-state index contributed by atoms with van der Waals surface area (Å²) in [5.74, 6) is -0.312. The molecule has 1 unspecified atom stereocenters. The van der Waals surface area contributed by atoms with Crippen LogP contribution in [0.2, 0.25) is 0 Å². The largest absolute Gasteiger partial charge is 0.383 e. The maximum Gasteiger partial charge on any atom is 0.245 e. The number of thiazole rings is 1. The molecule has 0 bridgehead atoms. The Kier molecular flexibility index (Phi) is 5.49. The van der Waals surface area contributed by atoms with Crippen molar-refractivity contribution in [2.24, 2.45) is 5.73 Å². The number of carbonyl (C=O) groups excluding carboxylic acids is 1. The molecular formula is C18H18N4O2S. The van der Waals surface area contributed by atoms with Gasteiger partial charge in [0.2, 0.25) is 5.91 Å². The number of benzene rings is 1. The third-order valence-electron chi connectivity index (χ3n) is 3.59. The van der Waals surface area contributed by atoms with E-state index in [1.165, 1.54) is 18.4 Å². The number of nitrogens with one attached hydrogen (secondary N) is 1. The molecule has 6 nitrogen and oxygen atoms in total. The van der Waals surface area contributed by atoms with Crippen LogP contribution >= 0.6 is 11.3 Å². The maximum absolute atomic E-state index is 11.9. The average molecular weight is 354 g/mol. The van der Waals surface area contributed by atoms with Crippen molar-refractivity contribution in [1.29, 1.82) is 0 Å². The summed E-state index contributed by atoms with van der Waals surface area (Å²) >= 11 is 1.36. The number of aromatic nitrogens is 2. The van der Waals surface area contributed by atoms with Crippen LogP contribution in [0.25, 0.3) is 22.4 Å². The second-order valence-electron chi connectivity index (χ2n) is 5.41. The van der Waals surface area contributed by atoms with Crippen molar-refractivity contribution in [1.82, 2.24) is 9.97 Å². The number of hydrogen-bond acceptors (Lipinski definition) is 6. The number of amides is 1. The number of nitrogens with two attached hydrogens (primary N) is 1. The molecule has 128 valence electrons. The molecule has 0 saturated heterocycles. The highest BCUT2D eigenvalue weighted by atomic mass is 32.1. The zero-order valence-corrected chi connectivity index (χ0v) is 14.5. The predicted molar refractivity (Wildman–Crippen MR) is 99.3 cm³/mol. The normalized spacial score (nSPS) is 11.9. The molecule has 25 heavy (non-hydrogen) atoms. The van der Waals surface area contributed by atoms with E-state index < -0.39 is 6.04 Å². The number of rotatable bonds is 6. The van der Waals surface area contributed by atoms with Crippen LogP contribution in [-0.4, -0.2) is 35.6 Å². The van der Waals surface area contributed by atoms with Crippen molar-refractivity contribution < 1.29 is 9.53 Å². The molecule has 1 amide bonds. The minimum Gasteiger partial charge on any atom is -0.383 e. The first-order valence-electron chi connectivity index (χ1n) is 7.69. The van der Waals surface area contributed by atoms with Crippen molar-refractivity contribution in [2.75, 3.05) is 19.0 Å². The fourth-order valence-electron chi connectivity index (χ4n) is 2.32. The van der Waals surface area contributed by atoms with Gasteiger partial charge in [0.1, 0.15) is 6.04 Å². The van der Waals surface area contributed by atoms with Crippen LogP contribution in [0.4, 0.5) is 5.13 Å². The molecule has 0 radical (unpaired) electrons. The summed E-state index contributed by atoms with van der Waals surface area (Å²) < 4.78 is 4.88. The molecule has 0 aliphatic heterocycles. The Bertz CT molecular complexity index is 851. The summed E-state index contributed by atoms with van der Waals surface area (Å²) in [6.07, 6.45) is 3.53. The highest BCUT2D eigenvalue weighted by Crippen LogP contribution is 2.28. The van der Waals surface area contributed by atoms with Crippen molar-refractivity contribution in [3.8, 4) is 22.4 Å². The van der Waals surface area contributed by atoms with Crippen LogP contribution in [0.3, 0.4) is 0 Å². The van der Waals surface area contributed by atoms with Gasteiger partial charge >= 0.3 is 0 Å². The third-order valence-corrected chi connectivity index (χ3v) is 4.35. The monoisotopic (exact) mass is 354 g/mol. The second kappa shape index (κ2) is 7.98. The molecule has 0 aliphatic rings. The van der Waals surface area contributed by atoms with E-state index in [9.17, 15) is 4.79 Å². The van der Waals surface area contributed by atoms with Gasteiger partial charge in [-0.2, -0.15) is 0 Å². The van der Waals surface area contributed by atoms with Gasteiger partial charge in [0.15, 0.2) is 5.13 Å². The first-order chi connectivity index (χ1) is 12.2. The Morgan fingerprint density at radius 2 is 2.00 bits per heavy atom. The molecule has 3 rings (SSSR count). The lowest BCUT2D eigenvalue weighted by molar-refractivity contribution is -0.118. The van der Waals surface area contributed by atoms with E-state index >= 15 is 0 Å². The summed E-state index contributed by atoms with van der Waals surface area (Å²) in [5, 5.41) is 5.14. The SMILES string of the molecule is COCC(N)C(=O)Nc1nc(-c2cccc(-c3ccncc3)c2)cs1. The Labute approximate surface area is 149 Å². The van der Waals surface area contributed by atoms with Crippen LogP contribution in [0.1, 0.15) is 0 Å². The van der Waals surface area contributed by atoms with E-state index in [2.05, 4.69) is 21.4 Å². The zero-order chi connectivity index (χ0) is 17.6. The number of methoxy groups -OCH3 is 1. The first-order valence-corrected chi connectivity index (χ1v) is 8.57. The standard InChI is InChI=1S/C18H18N4O2S/c1-24-10-15(19)17(23)22-18-21-16(11-25-18)14-4-2-3-13(9-14)12-5-7-20-8-6-12/h2-9,11,15H,10,19H2,1H3,(H,21,22,23). The molecule has 0 fully saturated rings. The fraction of sp³-hybridized carbons (Fsp3) is 0.167. The Morgan fingerprint density at radius 3 is 2.76 bits per heavy atom. The number of pyridine rings is 1. The zero-order valence-electron chi connectivity index (χ0n) is 13.7. The van der Waals surface area contributed by atoms with E-state index in [4.69, 9.17) is 10.5 Å². The van der Waals surface area contributed by atoms with Gasteiger partial charge in [0, 0.05) is 30.4 Å². The lowest BCUT2D eigenvalue weighted by Crippen LogP contribution is -2.39. The van der Waals surface area contributed by atoms with Gasteiger partial charge in [-0.15, -0.1) is 11.3 Å². The highest BCUT2D eigenvalue weighted by molar-refractivity contribution is 7.14. The fourth-order valence-corrected chi connectivity index (χ4v) is 3.04. The molecule has 2 aromatic heterocycles. The quantitative estimate of drug-likeness (QED) is 0.710. The maximum atomic E-state index is 11.9. The summed E-state index contributed by atoms with van der Waals surface area (Å²) in [5.41, 5.74) is 9.67. The molecule has 3 aromatic rings. The van der Waals surface area contributed by atoms with Gasteiger partial charge in [0.25, 0.3) is 0 Å². The van der Waals surface area contributed by atoms with E-state index in [1.807, 2.05) is 35.7 Å². The summed E-state index contributed by atoms with van der Waals surface area (Å²) in [6.45, 7) is 0.165. The second-order valence-corrected chi connectivity index (χ2v) is 6.26. The summed E-state index contributed by atoms with van der Waals surface area (Å²) in [7, 11) is 1.50. The van der Waals surface area contributed by atoms with Crippen LogP contribution in [0.15, 0.2) is 54.2 Å². The lowest BCUT2D eigenvalue weighted by Gasteiger charge is -2.08. The third kappa shape index (κ3) is 4.27. The summed E-state index contributed by atoms with van der Waals surface area (Å²) in [4.78, 5) is 20.4. The number of anilines is 1. The van der Waals surface area contributed by atoms with Gasteiger partial charge in [-0.1, -0.05) is 18.2 Å². The van der Waals surface area contributed by atoms with E-state index in [0.29, 0.717) is 5.13 Å². The van der Waals surface area contributed by atoms with Crippen molar-refractivity contribution in [3.05, 3.63) is 54.2 Å². The Hall–Kier alpha value is -2.61. The van der Waals surface area contributed by atoms with Crippen LogP contribution in [0.5, 0.6) is 0 Å². The topological polar surface area (TPSA) is 90.1 Å². The average Bonchev–Trinajstić information content (AvgIpc) is 3.11.